The third-order valence-electron chi connectivity index (χ3n) is 6.81. The van der Waals surface area contributed by atoms with Crippen LogP contribution in [0.4, 0.5) is 0 Å². The number of rotatable bonds is 11. The Labute approximate surface area is 234 Å². The Morgan fingerprint density at radius 3 is 1.95 bits per heavy atom. The van der Waals surface area contributed by atoms with Gasteiger partial charge in [0.05, 0.1) is 31.3 Å². The maximum atomic E-state index is 12.6. The number of carbonyl (C=O) groups excluding carboxylic acids is 1. The number of allylic oxidation sites excluding steroid dienone is 2. The molecule has 2 aliphatic heterocycles. The topological polar surface area (TPSA) is 63.2 Å². The molecule has 1 fully saturated rings. The second-order valence-corrected chi connectivity index (χ2v) is 10.9. The average molecular weight is 547 g/mol. The van der Waals surface area contributed by atoms with Crippen LogP contribution in [-0.4, -0.2) is 42.2 Å². The molecule has 0 radical (unpaired) electrons. The summed E-state index contributed by atoms with van der Waals surface area (Å²) in [5, 5.41) is -0.394. The highest BCUT2D eigenvalue weighted by atomic mass is 32.2. The van der Waals surface area contributed by atoms with E-state index in [-0.39, 0.29) is 25.1 Å². The quantitative estimate of drug-likeness (QED) is 0.290. The Morgan fingerprint density at radius 2 is 1.38 bits per heavy atom. The van der Waals surface area contributed by atoms with E-state index >= 15 is 0 Å². The molecule has 4 atom stereocenters. The number of thioether (sulfide) groups is 1. The van der Waals surface area contributed by atoms with Gasteiger partial charge >= 0.3 is 0 Å². The van der Waals surface area contributed by atoms with Gasteiger partial charge in [0, 0.05) is 0 Å². The number of ether oxygens (including phenoxy) is 5. The number of hydrogen-bond donors (Lipinski definition) is 0. The van der Waals surface area contributed by atoms with Gasteiger partial charge in [-0.25, -0.2) is 0 Å². The van der Waals surface area contributed by atoms with E-state index in [1.165, 1.54) is 11.8 Å². The van der Waals surface area contributed by atoms with Gasteiger partial charge in [-0.1, -0.05) is 91.0 Å². The molecule has 0 aromatic heterocycles. The molecular formula is C32H34O6S. The Bertz CT molecular complexity index is 1250. The molecule has 0 spiro atoms. The smallest absolute Gasteiger partial charge is 0.248 e. The van der Waals surface area contributed by atoms with Crippen molar-refractivity contribution in [2.24, 2.45) is 0 Å². The van der Waals surface area contributed by atoms with Crippen molar-refractivity contribution in [1.29, 1.82) is 0 Å². The summed E-state index contributed by atoms with van der Waals surface area (Å²) in [6.07, 6.45) is -0.792. The maximum Gasteiger partial charge on any atom is 0.248 e. The van der Waals surface area contributed by atoms with E-state index in [2.05, 4.69) is 0 Å². The van der Waals surface area contributed by atoms with Crippen molar-refractivity contribution in [3.05, 3.63) is 118 Å². The summed E-state index contributed by atoms with van der Waals surface area (Å²) in [5.74, 6) is -0.640. The van der Waals surface area contributed by atoms with E-state index in [1.807, 2.05) is 91.0 Å². The van der Waals surface area contributed by atoms with Gasteiger partial charge in [0.1, 0.15) is 29.8 Å². The van der Waals surface area contributed by atoms with Crippen molar-refractivity contribution in [1.82, 2.24) is 0 Å². The van der Waals surface area contributed by atoms with Crippen LogP contribution in [0.1, 0.15) is 30.5 Å². The molecule has 3 aromatic carbocycles. The lowest BCUT2D eigenvalue weighted by Gasteiger charge is -2.51. The second-order valence-electron chi connectivity index (χ2n) is 9.78. The normalized spacial score (nSPS) is 24.6. The van der Waals surface area contributed by atoms with Crippen LogP contribution in [0.15, 0.2) is 102 Å². The fraction of sp³-hybridized carbons (Fsp3) is 0.344. The SMILES string of the molecule is CC(=O)C1=C(C)O[C@]2(COCc3ccccc3)OC[C@H](OCc3ccccc3)[C@@H](OCc3ccccc3)[C@@H]2S1. The first kappa shape index (κ1) is 27.6. The Kier molecular flexibility index (Phi) is 9.17. The Morgan fingerprint density at radius 1 is 0.846 bits per heavy atom. The minimum atomic E-state index is -1.13. The first-order chi connectivity index (χ1) is 19.0. The Balaban J connectivity index is 1.41. The van der Waals surface area contributed by atoms with Crippen LogP contribution >= 0.6 is 11.8 Å². The summed E-state index contributed by atoms with van der Waals surface area (Å²) in [7, 11) is 0. The molecule has 2 heterocycles. The van der Waals surface area contributed by atoms with E-state index in [9.17, 15) is 4.79 Å². The zero-order valence-corrected chi connectivity index (χ0v) is 23.1. The zero-order valence-electron chi connectivity index (χ0n) is 22.3. The molecule has 39 heavy (non-hydrogen) atoms. The van der Waals surface area contributed by atoms with Gasteiger partial charge in [-0.2, -0.15) is 0 Å². The zero-order chi connectivity index (χ0) is 27.1. The highest BCUT2D eigenvalue weighted by Crippen LogP contribution is 2.48. The van der Waals surface area contributed by atoms with Crippen LogP contribution in [0, 0.1) is 0 Å². The first-order valence-electron chi connectivity index (χ1n) is 13.2. The van der Waals surface area contributed by atoms with Crippen LogP contribution in [0.3, 0.4) is 0 Å². The minimum absolute atomic E-state index is 0.0505. The van der Waals surface area contributed by atoms with Crippen molar-refractivity contribution in [2.45, 2.75) is 56.9 Å². The molecule has 0 N–H and O–H groups in total. The van der Waals surface area contributed by atoms with Gasteiger partial charge < -0.3 is 23.7 Å². The van der Waals surface area contributed by atoms with Gasteiger partial charge in [0.25, 0.3) is 0 Å². The molecule has 0 saturated carbocycles. The molecule has 204 valence electrons. The number of Topliss-reactive ketones (excluding diaryl/α,β-unsaturated/α-hetero) is 1. The average Bonchev–Trinajstić information content (AvgIpc) is 2.96. The van der Waals surface area contributed by atoms with E-state index in [0.29, 0.717) is 30.5 Å². The lowest BCUT2D eigenvalue weighted by molar-refractivity contribution is -0.303. The molecule has 6 nitrogen and oxygen atoms in total. The molecule has 0 bridgehead atoms. The molecule has 0 aliphatic carbocycles. The van der Waals surface area contributed by atoms with Crippen molar-refractivity contribution >= 4 is 17.5 Å². The lowest BCUT2D eigenvalue weighted by Crippen LogP contribution is -2.64. The van der Waals surface area contributed by atoms with E-state index < -0.39 is 17.1 Å². The standard InChI is InChI=1S/C32H34O6S/c1-23(33)30-24(2)38-32(22-34-18-25-12-6-3-7-13-25)31(39-30)29(36-20-27-16-10-5-11-17-27)28(21-37-32)35-19-26-14-8-4-9-15-26/h3-17,28-29,31H,18-22H2,1-2H3/t28-,29+,31-,32-/m0/s1. The first-order valence-corrected chi connectivity index (χ1v) is 14.1. The number of benzene rings is 3. The van der Waals surface area contributed by atoms with Crippen LogP contribution in [0.5, 0.6) is 0 Å². The largest absolute Gasteiger partial charge is 0.462 e. The Hall–Kier alpha value is -2.94. The van der Waals surface area contributed by atoms with Gasteiger partial charge in [0.15, 0.2) is 5.78 Å². The lowest BCUT2D eigenvalue weighted by atomic mass is 9.98. The summed E-state index contributed by atoms with van der Waals surface area (Å²) in [5.41, 5.74) is 3.18. The monoisotopic (exact) mass is 546 g/mol. The molecule has 1 saturated heterocycles. The predicted octanol–water partition coefficient (Wildman–Crippen LogP) is 6.05. The minimum Gasteiger partial charge on any atom is -0.462 e. The van der Waals surface area contributed by atoms with Crippen LogP contribution in [-0.2, 0) is 48.3 Å². The maximum absolute atomic E-state index is 12.6. The van der Waals surface area contributed by atoms with Crippen LogP contribution in [0.25, 0.3) is 0 Å². The highest BCUT2D eigenvalue weighted by molar-refractivity contribution is 8.04. The molecule has 2 aliphatic rings. The van der Waals surface area contributed by atoms with Crippen molar-refractivity contribution in [3.63, 3.8) is 0 Å². The summed E-state index contributed by atoms with van der Waals surface area (Å²) in [4.78, 5) is 13.1. The van der Waals surface area contributed by atoms with Gasteiger partial charge in [-0.3, -0.25) is 4.79 Å². The molecule has 0 unspecified atom stereocenters. The van der Waals surface area contributed by atoms with Crippen molar-refractivity contribution in [3.8, 4) is 0 Å². The highest BCUT2D eigenvalue weighted by Gasteiger charge is 2.57. The number of ketones is 1. The fourth-order valence-electron chi connectivity index (χ4n) is 4.86. The predicted molar refractivity (Wildman–Crippen MR) is 151 cm³/mol. The summed E-state index contributed by atoms with van der Waals surface area (Å²) in [6, 6.07) is 30.0. The van der Waals surface area contributed by atoms with E-state index in [1.54, 1.807) is 13.8 Å². The summed E-state index contributed by atoms with van der Waals surface area (Å²) in [6.45, 7) is 5.04. The molecule has 5 rings (SSSR count). The molecular weight excluding hydrogens is 512 g/mol. The van der Waals surface area contributed by atoms with Gasteiger partial charge in [-0.05, 0) is 30.5 Å². The summed E-state index contributed by atoms with van der Waals surface area (Å²) >= 11 is 1.44. The van der Waals surface area contributed by atoms with E-state index in [0.717, 1.165) is 16.7 Å². The van der Waals surface area contributed by atoms with Crippen LogP contribution in [0.2, 0.25) is 0 Å². The molecule has 7 heteroatoms. The van der Waals surface area contributed by atoms with Crippen molar-refractivity contribution < 1.29 is 28.5 Å². The van der Waals surface area contributed by atoms with Crippen LogP contribution < -0.4 is 0 Å². The third-order valence-corrected chi connectivity index (χ3v) is 8.50. The third kappa shape index (κ3) is 6.80. The molecule has 3 aromatic rings. The van der Waals surface area contributed by atoms with Gasteiger partial charge in [0.2, 0.25) is 5.79 Å². The summed E-state index contributed by atoms with van der Waals surface area (Å²) < 4.78 is 32.1. The second kappa shape index (κ2) is 12.9. The fourth-order valence-corrected chi connectivity index (χ4v) is 6.24. The molecule has 0 amide bonds. The number of hydrogen-bond acceptors (Lipinski definition) is 7. The van der Waals surface area contributed by atoms with Crippen molar-refractivity contribution in [2.75, 3.05) is 13.2 Å². The van der Waals surface area contributed by atoms with Gasteiger partial charge in [-0.15, -0.1) is 11.8 Å². The van der Waals surface area contributed by atoms with E-state index in [4.69, 9.17) is 23.7 Å². The number of fused-ring (bicyclic) bond motifs is 1. The number of carbonyl (C=O) groups is 1.